The molecule has 6 aliphatic rings. The summed E-state index contributed by atoms with van der Waals surface area (Å²) in [6.07, 6.45) is 8.30. The molecule has 0 radical (unpaired) electrons. The van der Waals surface area contributed by atoms with Crippen molar-refractivity contribution in [3.05, 3.63) is 36.4 Å². The Morgan fingerprint density at radius 2 is 1.33 bits per heavy atom. The van der Waals surface area contributed by atoms with Gasteiger partial charge in [0.25, 0.3) is 0 Å². The van der Waals surface area contributed by atoms with E-state index in [0.717, 1.165) is 0 Å². The van der Waals surface area contributed by atoms with Gasteiger partial charge in [0.05, 0.1) is 11.8 Å². The van der Waals surface area contributed by atoms with Gasteiger partial charge < -0.3 is 10.6 Å². The largest absolute Gasteiger partial charge is 0.326 e. The summed E-state index contributed by atoms with van der Waals surface area (Å²) in [4.78, 5) is 52.2. The first-order valence-corrected chi connectivity index (χ1v) is 12.2. The molecule has 33 heavy (non-hydrogen) atoms. The number of allylic oxidation sites excluding steroid dienone is 2. The summed E-state index contributed by atoms with van der Waals surface area (Å²) in [5.41, 5.74) is 1.37. The van der Waals surface area contributed by atoms with Crippen LogP contribution < -0.4 is 10.6 Å². The number of carbonyl (C=O) groups is 4. The molecular formula is C26H29N3O4. The molecule has 1 heterocycles. The second kappa shape index (κ2) is 7.54. The van der Waals surface area contributed by atoms with E-state index in [4.69, 9.17) is 0 Å². The summed E-state index contributed by atoms with van der Waals surface area (Å²) in [7, 11) is 0. The second-order valence-corrected chi connectivity index (χ2v) is 10.5. The molecule has 7 rings (SSSR count). The van der Waals surface area contributed by atoms with Gasteiger partial charge in [0.15, 0.2) is 0 Å². The van der Waals surface area contributed by atoms with Crippen molar-refractivity contribution in [2.24, 2.45) is 41.4 Å². The highest BCUT2D eigenvalue weighted by Crippen LogP contribution is 2.65. The minimum atomic E-state index is -0.141. The van der Waals surface area contributed by atoms with Crippen LogP contribution in [0.3, 0.4) is 0 Å². The molecule has 0 aromatic heterocycles. The van der Waals surface area contributed by atoms with Crippen LogP contribution in [0.4, 0.5) is 11.4 Å². The molecule has 1 aliphatic heterocycles. The molecule has 1 aromatic rings. The zero-order valence-electron chi connectivity index (χ0n) is 18.7. The fraction of sp³-hybridized carbons (Fsp3) is 0.538. The van der Waals surface area contributed by atoms with E-state index in [1.165, 1.54) is 13.3 Å². The number of benzene rings is 1. The number of likely N-dealkylation sites (tertiary alicyclic amines) is 1. The SMILES string of the molecule is CC(=O)Nc1ccc(NC(=O)C2CCC(N3C(=O)[C@@H]4[C@@H]5C=C[C@@H]([C@H]6C[C@@H]56)[C@@H]4C3=O)CC2)cc1. The number of anilines is 2. The average molecular weight is 448 g/mol. The maximum atomic E-state index is 13.3. The molecule has 1 aromatic carbocycles. The summed E-state index contributed by atoms with van der Waals surface area (Å²) >= 11 is 0. The summed E-state index contributed by atoms with van der Waals surface area (Å²) in [5, 5.41) is 5.66. The number of carbonyl (C=O) groups excluding carboxylic acids is 4. The van der Waals surface area contributed by atoms with E-state index in [-0.39, 0.29) is 59.3 Å². The molecule has 0 unspecified atom stereocenters. The van der Waals surface area contributed by atoms with Crippen LogP contribution in [-0.2, 0) is 19.2 Å². The van der Waals surface area contributed by atoms with E-state index >= 15 is 0 Å². The van der Waals surface area contributed by atoms with Crippen LogP contribution >= 0.6 is 0 Å². The molecule has 1 saturated heterocycles. The predicted molar refractivity (Wildman–Crippen MR) is 122 cm³/mol. The number of amides is 4. The number of rotatable bonds is 4. The Morgan fingerprint density at radius 1 is 0.818 bits per heavy atom. The third kappa shape index (κ3) is 3.31. The van der Waals surface area contributed by atoms with Crippen LogP contribution in [0.2, 0.25) is 0 Å². The Bertz CT molecular complexity index is 1020. The molecule has 2 bridgehead atoms. The standard InChI is InChI=1S/C26H29N3O4/c1-13(30)27-15-4-6-16(7-5-15)28-24(31)14-2-8-17(9-3-14)29-25(32)22-18-10-11-19(21-12-20(18)21)23(22)26(29)33/h4-7,10-11,14,17-23H,2-3,8-9,12H2,1H3,(H,27,30)(H,28,31)/t14?,17?,18-,19+,20+,21-,22-,23+. The minimum absolute atomic E-state index is 0.0317. The van der Waals surface area contributed by atoms with Crippen molar-refractivity contribution in [2.45, 2.75) is 45.1 Å². The van der Waals surface area contributed by atoms with Gasteiger partial charge in [0.2, 0.25) is 23.6 Å². The van der Waals surface area contributed by atoms with Crippen LogP contribution in [0.25, 0.3) is 0 Å². The lowest BCUT2D eigenvalue weighted by Gasteiger charge is -2.37. The van der Waals surface area contributed by atoms with Gasteiger partial charge in [-0.05, 0) is 80.0 Å². The van der Waals surface area contributed by atoms with E-state index in [9.17, 15) is 19.2 Å². The topological polar surface area (TPSA) is 95.6 Å². The van der Waals surface area contributed by atoms with Gasteiger partial charge in [0.1, 0.15) is 0 Å². The zero-order chi connectivity index (χ0) is 22.9. The molecule has 7 heteroatoms. The smallest absolute Gasteiger partial charge is 0.233 e. The highest BCUT2D eigenvalue weighted by atomic mass is 16.2. The van der Waals surface area contributed by atoms with Crippen molar-refractivity contribution in [3.63, 3.8) is 0 Å². The van der Waals surface area contributed by atoms with E-state index in [1.54, 1.807) is 29.2 Å². The highest BCUT2D eigenvalue weighted by molar-refractivity contribution is 6.06. The summed E-state index contributed by atoms with van der Waals surface area (Å²) in [6, 6.07) is 6.97. The number of nitrogens with zero attached hydrogens (tertiary/aromatic N) is 1. The summed E-state index contributed by atoms with van der Waals surface area (Å²) in [6.45, 7) is 1.45. The molecule has 4 amide bonds. The van der Waals surface area contributed by atoms with E-state index in [1.807, 2.05) is 0 Å². The van der Waals surface area contributed by atoms with Crippen molar-refractivity contribution in [1.29, 1.82) is 0 Å². The number of nitrogens with one attached hydrogen (secondary N) is 2. The average Bonchev–Trinajstić information content (AvgIpc) is 3.58. The Balaban J connectivity index is 1.06. The van der Waals surface area contributed by atoms with Crippen molar-refractivity contribution in [3.8, 4) is 0 Å². The fourth-order valence-electron chi connectivity index (χ4n) is 7.02. The Kier molecular flexibility index (Phi) is 4.71. The number of hydrogen-bond acceptors (Lipinski definition) is 4. The van der Waals surface area contributed by atoms with Gasteiger partial charge in [-0.1, -0.05) is 12.2 Å². The first-order chi connectivity index (χ1) is 15.9. The van der Waals surface area contributed by atoms with Crippen LogP contribution in [0.5, 0.6) is 0 Å². The predicted octanol–water partition coefficient (Wildman–Crippen LogP) is 3.20. The summed E-state index contributed by atoms with van der Waals surface area (Å²) < 4.78 is 0. The van der Waals surface area contributed by atoms with Crippen molar-refractivity contribution in [1.82, 2.24) is 4.90 Å². The lowest BCUT2D eigenvalue weighted by Crippen LogP contribution is -2.44. The molecular weight excluding hydrogens is 418 g/mol. The molecule has 172 valence electrons. The molecule has 3 saturated carbocycles. The lowest BCUT2D eigenvalue weighted by molar-refractivity contribution is -0.144. The Hall–Kier alpha value is -2.96. The maximum Gasteiger partial charge on any atom is 0.233 e. The Morgan fingerprint density at radius 3 is 1.85 bits per heavy atom. The zero-order valence-corrected chi connectivity index (χ0v) is 18.7. The van der Waals surface area contributed by atoms with Crippen molar-refractivity contribution < 1.29 is 19.2 Å². The quantitative estimate of drug-likeness (QED) is 0.547. The first-order valence-electron chi connectivity index (χ1n) is 12.2. The van der Waals surface area contributed by atoms with Crippen molar-refractivity contribution >= 4 is 35.0 Å². The van der Waals surface area contributed by atoms with E-state index < -0.39 is 0 Å². The molecule has 5 aliphatic carbocycles. The van der Waals surface area contributed by atoms with Gasteiger partial charge in [0, 0.05) is 30.3 Å². The van der Waals surface area contributed by atoms with Crippen molar-refractivity contribution in [2.75, 3.05) is 10.6 Å². The molecule has 4 fully saturated rings. The van der Waals surface area contributed by atoms with Crippen LogP contribution in [-0.4, -0.2) is 34.6 Å². The second-order valence-electron chi connectivity index (χ2n) is 10.5. The molecule has 2 N–H and O–H groups in total. The van der Waals surface area contributed by atoms with Crippen LogP contribution in [0.1, 0.15) is 39.0 Å². The van der Waals surface area contributed by atoms with Crippen LogP contribution in [0.15, 0.2) is 36.4 Å². The molecule has 7 nitrogen and oxygen atoms in total. The monoisotopic (exact) mass is 447 g/mol. The highest BCUT2D eigenvalue weighted by Gasteiger charge is 2.67. The summed E-state index contributed by atoms with van der Waals surface area (Å²) in [5.74, 6) is 1.25. The number of imide groups is 1. The Labute approximate surface area is 193 Å². The lowest BCUT2D eigenvalue weighted by atomic mass is 9.63. The van der Waals surface area contributed by atoms with Gasteiger partial charge in [-0.15, -0.1) is 0 Å². The van der Waals surface area contributed by atoms with E-state index in [2.05, 4.69) is 22.8 Å². The third-order valence-corrected chi connectivity index (χ3v) is 8.60. The van der Waals surface area contributed by atoms with Gasteiger partial charge in [-0.25, -0.2) is 0 Å². The molecule has 0 spiro atoms. The number of hydrogen-bond donors (Lipinski definition) is 2. The van der Waals surface area contributed by atoms with Crippen LogP contribution in [0, 0.1) is 41.4 Å². The van der Waals surface area contributed by atoms with Gasteiger partial charge in [-0.2, -0.15) is 0 Å². The van der Waals surface area contributed by atoms with Gasteiger partial charge >= 0.3 is 0 Å². The fourth-order valence-corrected chi connectivity index (χ4v) is 7.02. The third-order valence-electron chi connectivity index (χ3n) is 8.60. The maximum absolute atomic E-state index is 13.3. The minimum Gasteiger partial charge on any atom is -0.326 e. The normalized spacial score (nSPS) is 38.0. The van der Waals surface area contributed by atoms with E-state index in [0.29, 0.717) is 48.9 Å². The first kappa shape index (κ1) is 20.6. The molecule has 6 atom stereocenters. The van der Waals surface area contributed by atoms with Gasteiger partial charge in [-0.3, -0.25) is 24.1 Å².